The molecule has 0 spiro atoms. The zero-order valence-corrected chi connectivity index (χ0v) is 12.9. The van der Waals surface area contributed by atoms with Gasteiger partial charge in [-0.3, -0.25) is 0 Å². The van der Waals surface area contributed by atoms with E-state index < -0.39 is 0 Å². The summed E-state index contributed by atoms with van der Waals surface area (Å²) in [5.41, 5.74) is 0. The summed E-state index contributed by atoms with van der Waals surface area (Å²) in [5, 5.41) is 0. The average Bonchev–Trinajstić information content (AvgIpc) is 2.31. The van der Waals surface area contributed by atoms with Gasteiger partial charge in [-0.15, -0.1) is 0 Å². The molecule has 0 fully saturated rings. The van der Waals surface area contributed by atoms with Gasteiger partial charge in [0, 0.05) is 7.06 Å². The molecule has 0 radical (unpaired) electrons. The molecule has 0 aromatic carbocycles. The third-order valence-corrected chi connectivity index (χ3v) is 3.95. The zero-order valence-electron chi connectivity index (χ0n) is 12.9. The number of unbranched alkanes of at least 4 members (excludes halogenated alkanes) is 6. The van der Waals surface area contributed by atoms with Gasteiger partial charge in [0.1, 0.15) is 0 Å². The zero-order chi connectivity index (χ0) is 12.9. The molecule has 0 rings (SSSR count). The van der Waals surface area contributed by atoms with E-state index in [4.69, 9.17) is 0 Å². The van der Waals surface area contributed by atoms with E-state index >= 15 is 0 Å². The van der Waals surface area contributed by atoms with E-state index in [0.717, 1.165) is 12.3 Å². The van der Waals surface area contributed by atoms with Crippen LogP contribution in [0.3, 0.4) is 0 Å². The van der Waals surface area contributed by atoms with Crippen LogP contribution in [0, 0.1) is 0 Å². The van der Waals surface area contributed by atoms with Crippen molar-refractivity contribution in [3.63, 3.8) is 0 Å². The first kappa shape index (κ1) is 17.3. The van der Waals surface area contributed by atoms with E-state index in [1.807, 2.05) is 0 Å². The molecule has 0 aliphatic carbocycles. The van der Waals surface area contributed by atoms with E-state index in [1.54, 1.807) is 0 Å². The largest absolute Gasteiger partial charge is 0.0894 e. The van der Waals surface area contributed by atoms with Crippen LogP contribution in [0.5, 0.6) is 0 Å². The molecule has 0 amide bonds. The maximum absolute atomic E-state index is 2.37. The van der Waals surface area contributed by atoms with E-state index in [1.165, 1.54) is 72.6 Å². The highest BCUT2D eigenvalue weighted by Gasteiger charge is 2.13. The minimum absolute atomic E-state index is 0.887. The summed E-state index contributed by atoms with van der Waals surface area (Å²) in [6, 6.07) is 0. The third kappa shape index (κ3) is 12.6. The van der Waals surface area contributed by atoms with Gasteiger partial charge in [-0.25, -0.2) is 0 Å². The first-order valence-corrected chi connectivity index (χ1v) is 8.20. The summed E-state index contributed by atoms with van der Waals surface area (Å²) in [5.74, 6) is 0.887. The van der Waals surface area contributed by atoms with Crippen molar-refractivity contribution in [1.29, 1.82) is 0 Å². The third-order valence-electron chi connectivity index (χ3n) is 3.95. The van der Waals surface area contributed by atoms with Gasteiger partial charge < -0.3 is 0 Å². The first-order chi connectivity index (χ1) is 8.20. The van der Waals surface area contributed by atoms with Crippen molar-refractivity contribution in [3.8, 4) is 0 Å². The molecule has 0 N–H and O–H groups in total. The van der Waals surface area contributed by atoms with Gasteiger partial charge >= 0.3 is 0 Å². The van der Waals surface area contributed by atoms with Gasteiger partial charge in [-0.1, -0.05) is 77.9 Å². The summed E-state index contributed by atoms with van der Waals surface area (Å²) in [6.07, 6.45) is 11.6. The van der Waals surface area contributed by atoms with Crippen LogP contribution in [0.15, 0.2) is 0 Å². The molecule has 0 atom stereocenters. The van der Waals surface area contributed by atoms with Crippen LogP contribution in [0.25, 0.3) is 0 Å². The van der Waals surface area contributed by atoms with Gasteiger partial charge in [-0.05, 0) is 0 Å². The highest BCUT2D eigenvalue weighted by atomic mass is 13.9. The Kier molecular flexibility index (Phi) is 13.0. The molecular weight excluding hydrogens is 198 g/mol. The maximum atomic E-state index is 2.37. The SMILES string of the molecule is BBB(BBC(C)C)CCCCCCCCC. The molecule has 0 saturated carbocycles. The summed E-state index contributed by atoms with van der Waals surface area (Å²) in [6.45, 7) is 8.00. The number of hydrogen-bond acceptors (Lipinski definition) is 0. The molecule has 0 aliphatic rings. The molecule has 0 aromatic heterocycles. The fraction of sp³-hybridized carbons (Fsp3) is 1.00. The van der Waals surface area contributed by atoms with Crippen molar-refractivity contribution in [2.24, 2.45) is 0 Å². The molecule has 0 aliphatic heterocycles. The second-order valence-corrected chi connectivity index (χ2v) is 6.16. The number of rotatable bonds is 12. The van der Waals surface area contributed by atoms with Crippen molar-refractivity contribution in [1.82, 2.24) is 0 Å². The summed E-state index contributed by atoms with van der Waals surface area (Å²) >= 11 is 0. The molecule has 17 heavy (non-hydrogen) atoms. The fourth-order valence-electron chi connectivity index (χ4n) is 2.51. The molecule has 0 nitrogen and oxygen atoms in total. The second-order valence-electron chi connectivity index (χ2n) is 6.16. The Morgan fingerprint density at radius 1 is 1.00 bits per heavy atom. The Bertz CT molecular complexity index is 152. The van der Waals surface area contributed by atoms with Crippen LogP contribution in [-0.2, 0) is 0 Å². The quantitative estimate of drug-likeness (QED) is 0.354. The normalized spacial score (nSPS) is 10.4. The van der Waals surface area contributed by atoms with Crippen molar-refractivity contribution in [2.75, 3.05) is 0 Å². The molecule has 0 heterocycles. The van der Waals surface area contributed by atoms with E-state index in [2.05, 4.69) is 28.5 Å². The van der Waals surface area contributed by atoms with Crippen molar-refractivity contribution >= 4 is 35.5 Å². The Labute approximate surface area is 114 Å². The molecular formula is C12H31B5. The van der Waals surface area contributed by atoms with E-state index in [-0.39, 0.29) is 0 Å². The van der Waals surface area contributed by atoms with Crippen LogP contribution in [-0.4, -0.2) is 35.5 Å². The Morgan fingerprint density at radius 2 is 1.59 bits per heavy atom. The van der Waals surface area contributed by atoms with Gasteiger partial charge in [0.15, 0.2) is 0 Å². The minimum atomic E-state index is 0.887. The molecule has 5 heteroatoms. The fourth-order valence-corrected chi connectivity index (χ4v) is 2.51. The highest BCUT2D eigenvalue weighted by Crippen LogP contribution is 2.09. The van der Waals surface area contributed by atoms with Crippen molar-refractivity contribution < 1.29 is 0 Å². The smallest absolute Gasteiger partial charge is 0.0812 e. The van der Waals surface area contributed by atoms with E-state index in [0.29, 0.717) is 0 Å². The Morgan fingerprint density at radius 3 is 2.12 bits per heavy atom. The lowest BCUT2D eigenvalue weighted by atomic mass is 8.91. The second kappa shape index (κ2) is 12.8. The lowest BCUT2D eigenvalue weighted by Gasteiger charge is -2.10. The molecule has 0 aromatic rings. The van der Waals surface area contributed by atoms with Gasteiger partial charge in [0.25, 0.3) is 0 Å². The average molecular weight is 229 g/mol. The van der Waals surface area contributed by atoms with Gasteiger partial charge in [0.2, 0.25) is 0 Å². The Balaban J connectivity index is 3.31. The highest BCUT2D eigenvalue weighted by molar-refractivity contribution is 7.58. The molecule has 94 valence electrons. The topological polar surface area (TPSA) is 0 Å². The summed E-state index contributed by atoms with van der Waals surface area (Å²) in [7, 11) is 6.65. The van der Waals surface area contributed by atoms with Crippen LogP contribution >= 0.6 is 0 Å². The number of hydrogen-bond donors (Lipinski definition) is 0. The van der Waals surface area contributed by atoms with Crippen LogP contribution in [0.4, 0.5) is 0 Å². The van der Waals surface area contributed by atoms with Crippen LogP contribution in [0.2, 0.25) is 12.1 Å². The van der Waals surface area contributed by atoms with E-state index in [9.17, 15) is 0 Å². The molecule has 0 unspecified atom stereocenters. The lowest BCUT2D eigenvalue weighted by Crippen LogP contribution is -2.35. The van der Waals surface area contributed by atoms with Crippen molar-refractivity contribution in [2.45, 2.75) is 77.9 Å². The predicted octanol–water partition coefficient (Wildman–Crippen LogP) is 1.83. The first-order valence-electron chi connectivity index (χ1n) is 8.20. The van der Waals surface area contributed by atoms with Crippen LogP contribution < -0.4 is 0 Å². The summed E-state index contributed by atoms with van der Waals surface area (Å²) < 4.78 is 0. The predicted molar refractivity (Wildman–Crippen MR) is 93.6 cm³/mol. The van der Waals surface area contributed by atoms with Crippen LogP contribution in [0.1, 0.15) is 65.7 Å². The standard InChI is InChI=1S/C12H31B5/c1-4-5-6-7-8-9-10-11-17(15-13)16-14-12(2)3/h12,14-16H,4-11,13H2,1-3H3. The summed E-state index contributed by atoms with van der Waals surface area (Å²) in [4.78, 5) is 0. The molecule has 0 saturated heterocycles. The monoisotopic (exact) mass is 230 g/mol. The molecule has 0 bridgehead atoms. The minimum Gasteiger partial charge on any atom is -0.0894 e. The van der Waals surface area contributed by atoms with Gasteiger partial charge in [0.05, 0.1) is 28.5 Å². The maximum Gasteiger partial charge on any atom is 0.0812 e. The van der Waals surface area contributed by atoms with Gasteiger partial charge in [-0.2, -0.15) is 0 Å². The van der Waals surface area contributed by atoms with Crippen molar-refractivity contribution in [3.05, 3.63) is 0 Å². The lowest BCUT2D eigenvalue weighted by molar-refractivity contribution is 0.601. The Hall–Kier alpha value is 0.325.